The molecule has 26 heavy (non-hydrogen) atoms. The Labute approximate surface area is 148 Å². The van der Waals surface area contributed by atoms with E-state index in [0.717, 1.165) is 10.1 Å². The van der Waals surface area contributed by atoms with E-state index in [1.54, 1.807) is 25.3 Å². The predicted molar refractivity (Wildman–Crippen MR) is 97.3 cm³/mol. The fraction of sp³-hybridized carbons (Fsp3) is 0.222. The van der Waals surface area contributed by atoms with E-state index in [1.807, 2.05) is 6.07 Å². The summed E-state index contributed by atoms with van der Waals surface area (Å²) in [6.45, 7) is 0.405. The average Bonchev–Trinajstić information content (AvgIpc) is 2.65. The Morgan fingerprint density at radius 1 is 1.19 bits per heavy atom. The fourth-order valence-electron chi connectivity index (χ4n) is 2.71. The lowest BCUT2D eigenvalue weighted by atomic mass is 10.1. The van der Waals surface area contributed by atoms with E-state index in [9.17, 15) is 14.4 Å². The molecule has 0 saturated carbocycles. The summed E-state index contributed by atoms with van der Waals surface area (Å²) in [6, 6.07) is 8.57. The molecule has 3 aromatic rings. The average molecular weight is 354 g/mol. The number of hydrogen-bond donors (Lipinski definition) is 1. The number of pyridine rings is 1. The minimum absolute atomic E-state index is 0.250. The van der Waals surface area contributed by atoms with Gasteiger partial charge >= 0.3 is 5.69 Å². The lowest BCUT2D eigenvalue weighted by Gasteiger charge is -2.09. The molecule has 134 valence electrons. The van der Waals surface area contributed by atoms with E-state index < -0.39 is 11.2 Å². The van der Waals surface area contributed by atoms with Crippen molar-refractivity contribution in [3.63, 3.8) is 0 Å². The van der Waals surface area contributed by atoms with Crippen molar-refractivity contribution in [2.45, 2.75) is 6.61 Å². The highest BCUT2D eigenvalue weighted by molar-refractivity contribution is 6.04. The van der Waals surface area contributed by atoms with Crippen LogP contribution in [0, 0.1) is 0 Å². The quantitative estimate of drug-likeness (QED) is 0.755. The number of carbonyl (C=O) groups is 1. The van der Waals surface area contributed by atoms with Crippen LogP contribution in [0.3, 0.4) is 0 Å². The Hall–Kier alpha value is -3.26. The number of anilines is 1. The van der Waals surface area contributed by atoms with Crippen molar-refractivity contribution in [2.24, 2.45) is 14.1 Å². The number of amides is 1. The van der Waals surface area contributed by atoms with Gasteiger partial charge in [0.2, 0.25) is 0 Å². The fourth-order valence-corrected chi connectivity index (χ4v) is 2.71. The number of nitrogens with one attached hydrogen (secondary N) is 1. The molecule has 0 aliphatic rings. The molecule has 2 aromatic heterocycles. The second-order valence-corrected chi connectivity index (χ2v) is 5.89. The molecule has 8 nitrogen and oxygen atoms in total. The zero-order valence-corrected chi connectivity index (χ0v) is 14.6. The van der Waals surface area contributed by atoms with Crippen LogP contribution in [0.4, 0.5) is 5.69 Å². The minimum Gasteiger partial charge on any atom is -0.380 e. The molecule has 1 aromatic carbocycles. The molecular formula is C18H18N4O4. The van der Waals surface area contributed by atoms with E-state index in [4.69, 9.17) is 4.74 Å². The third-order valence-corrected chi connectivity index (χ3v) is 4.05. The second-order valence-electron chi connectivity index (χ2n) is 5.89. The molecule has 2 heterocycles. The monoisotopic (exact) mass is 354 g/mol. The molecule has 0 aliphatic carbocycles. The molecular weight excluding hydrogens is 336 g/mol. The van der Waals surface area contributed by atoms with Gasteiger partial charge in [0.1, 0.15) is 5.65 Å². The molecule has 0 saturated heterocycles. The van der Waals surface area contributed by atoms with Gasteiger partial charge in [0, 0.05) is 26.8 Å². The van der Waals surface area contributed by atoms with Crippen LogP contribution < -0.4 is 16.6 Å². The van der Waals surface area contributed by atoms with Gasteiger partial charge in [0.25, 0.3) is 11.5 Å². The number of carbonyl (C=O) groups excluding carboxylic acids is 1. The number of rotatable bonds is 4. The van der Waals surface area contributed by atoms with Crippen LogP contribution in [0.15, 0.2) is 46.1 Å². The van der Waals surface area contributed by atoms with Gasteiger partial charge in [0.05, 0.1) is 23.9 Å². The summed E-state index contributed by atoms with van der Waals surface area (Å²) in [7, 11) is 4.52. The Balaban J connectivity index is 1.97. The van der Waals surface area contributed by atoms with Gasteiger partial charge in [-0.05, 0) is 23.8 Å². The second kappa shape index (κ2) is 6.93. The van der Waals surface area contributed by atoms with Crippen LogP contribution in [0.1, 0.15) is 15.9 Å². The van der Waals surface area contributed by atoms with Gasteiger partial charge < -0.3 is 10.1 Å². The highest BCUT2D eigenvalue weighted by atomic mass is 16.5. The molecule has 8 heteroatoms. The highest BCUT2D eigenvalue weighted by Crippen LogP contribution is 2.14. The number of benzene rings is 1. The molecule has 0 fully saturated rings. The molecule has 3 rings (SSSR count). The van der Waals surface area contributed by atoms with E-state index in [-0.39, 0.29) is 16.9 Å². The molecule has 0 radical (unpaired) electrons. The van der Waals surface area contributed by atoms with E-state index in [1.165, 1.54) is 30.9 Å². The maximum absolute atomic E-state index is 12.5. The van der Waals surface area contributed by atoms with Gasteiger partial charge in [-0.15, -0.1) is 0 Å². The first-order chi connectivity index (χ1) is 12.4. The third-order valence-electron chi connectivity index (χ3n) is 4.05. The number of methoxy groups -OCH3 is 1. The maximum Gasteiger partial charge on any atom is 0.332 e. The molecule has 1 N–H and O–H groups in total. The topological polar surface area (TPSA) is 95.2 Å². The number of fused-ring (bicyclic) bond motifs is 1. The first-order valence-corrected chi connectivity index (χ1v) is 7.87. The number of aryl methyl sites for hydroxylation is 1. The van der Waals surface area contributed by atoms with Crippen LogP contribution in [-0.4, -0.2) is 27.1 Å². The molecule has 0 bridgehead atoms. The zero-order valence-electron chi connectivity index (χ0n) is 14.6. The van der Waals surface area contributed by atoms with Crippen LogP contribution in [0.5, 0.6) is 0 Å². The SMILES string of the molecule is COCc1cccc(C(=O)Nc2cnc3c(c2)c(=O)n(C)c(=O)n3C)c1. The molecule has 0 unspecified atom stereocenters. The Morgan fingerprint density at radius 2 is 1.96 bits per heavy atom. The van der Waals surface area contributed by atoms with Crippen molar-refractivity contribution < 1.29 is 9.53 Å². The van der Waals surface area contributed by atoms with Crippen molar-refractivity contribution in [3.8, 4) is 0 Å². The summed E-state index contributed by atoms with van der Waals surface area (Å²) >= 11 is 0. The van der Waals surface area contributed by atoms with Gasteiger partial charge in [-0.3, -0.25) is 18.7 Å². The summed E-state index contributed by atoms with van der Waals surface area (Å²) in [6.07, 6.45) is 1.41. The first kappa shape index (κ1) is 17.6. The number of nitrogens with zero attached hydrogens (tertiary/aromatic N) is 3. The predicted octanol–water partition coefficient (Wildman–Crippen LogP) is 1.03. The van der Waals surface area contributed by atoms with Gasteiger partial charge in [-0.1, -0.05) is 12.1 Å². The summed E-state index contributed by atoms with van der Waals surface area (Å²) < 4.78 is 7.36. The Morgan fingerprint density at radius 3 is 2.69 bits per heavy atom. The van der Waals surface area contributed by atoms with Gasteiger partial charge in [0.15, 0.2) is 0 Å². The lowest BCUT2D eigenvalue weighted by molar-refractivity contribution is 0.102. The summed E-state index contributed by atoms with van der Waals surface area (Å²) in [4.78, 5) is 40.9. The van der Waals surface area contributed by atoms with Crippen LogP contribution in [-0.2, 0) is 25.4 Å². The van der Waals surface area contributed by atoms with E-state index >= 15 is 0 Å². The number of aromatic nitrogens is 3. The first-order valence-electron chi connectivity index (χ1n) is 7.87. The number of ether oxygens (including phenoxy) is 1. The van der Waals surface area contributed by atoms with Gasteiger partial charge in [-0.25, -0.2) is 9.78 Å². The summed E-state index contributed by atoms with van der Waals surface area (Å²) in [5.74, 6) is -0.328. The Kier molecular flexibility index (Phi) is 4.68. The van der Waals surface area contributed by atoms with Crippen molar-refractivity contribution in [3.05, 3.63) is 68.5 Å². The standard InChI is InChI=1S/C18H18N4O4/c1-21-15-14(17(24)22(2)18(21)25)8-13(9-19-15)20-16(23)12-6-4-5-11(7-12)10-26-3/h4-9H,10H2,1-3H3,(H,20,23). The summed E-state index contributed by atoms with van der Waals surface area (Å²) in [5, 5.41) is 2.97. The minimum atomic E-state index is -0.464. The van der Waals surface area contributed by atoms with Crippen LogP contribution in [0.2, 0.25) is 0 Å². The van der Waals surface area contributed by atoms with E-state index in [2.05, 4.69) is 10.3 Å². The van der Waals surface area contributed by atoms with Crippen molar-refractivity contribution in [1.82, 2.24) is 14.1 Å². The van der Waals surface area contributed by atoms with Crippen LogP contribution in [0.25, 0.3) is 11.0 Å². The third kappa shape index (κ3) is 3.14. The number of hydrogen-bond acceptors (Lipinski definition) is 5. The Bertz CT molecular complexity index is 1110. The lowest BCUT2D eigenvalue weighted by Crippen LogP contribution is -2.37. The molecule has 0 spiro atoms. The molecule has 0 atom stereocenters. The molecule has 1 amide bonds. The normalized spacial score (nSPS) is 10.9. The van der Waals surface area contributed by atoms with Crippen LogP contribution >= 0.6 is 0 Å². The van der Waals surface area contributed by atoms with Crippen molar-refractivity contribution in [1.29, 1.82) is 0 Å². The largest absolute Gasteiger partial charge is 0.380 e. The maximum atomic E-state index is 12.5. The highest BCUT2D eigenvalue weighted by Gasteiger charge is 2.12. The molecule has 0 aliphatic heterocycles. The van der Waals surface area contributed by atoms with Crippen molar-refractivity contribution >= 4 is 22.6 Å². The zero-order chi connectivity index (χ0) is 18.8. The van der Waals surface area contributed by atoms with Gasteiger partial charge in [-0.2, -0.15) is 0 Å². The van der Waals surface area contributed by atoms with E-state index in [0.29, 0.717) is 17.9 Å². The van der Waals surface area contributed by atoms with Crippen molar-refractivity contribution in [2.75, 3.05) is 12.4 Å². The summed E-state index contributed by atoms with van der Waals surface area (Å²) in [5.41, 5.74) is 1.05. The smallest absolute Gasteiger partial charge is 0.332 e.